The van der Waals surface area contributed by atoms with E-state index in [1.165, 1.54) is 0 Å². The molecule has 0 amide bonds. The maximum Gasteiger partial charge on any atom is 0.164 e. The molecule has 4 nitrogen and oxygen atoms in total. The molecule has 0 radical (unpaired) electrons. The first-order valence-electron chi connectivity index (χ1n) is 5.59. The molecule has 0 atom stereocenters. The lowest BCUT2D eigenvalue weighted by Gasteiger charge is -2.04. The maximum absolute atomic E-state index is 11.7. The van der Waals surface area contributed by atoms with Gasteiger partial charge in [0, 0.05) is 18.2 Å². The Morgan fingerprint density at radius 2 is 2.25 bits per heavy atom. The van der Waals surface area contributed by atoms with E-state index in [1.54, 1.807) is 18.5 Å². The van der Waals surface area contributed by atoms with Crippen molar-refractivity contribution in [3.63, 3.8) is 0 Å². The van der Waals surface area contributed by atoms with Gasteiger partial charge in [0.15, 0.2) is 5.78 Å². The van der Waals surface area contributed by atoms with Crippen LogP contribution in [0.15, 0.2) is 18.5 Å². The molecule has 0 aliphatic rings. The van der Waals surface area contributed by atoms with Crippen molar-refractivity contribution in [2.45, 2.75) is 26.2 Å². The number of Topliss-reactive ketones (excluding diaryl/α,β-unsaturated/α-hetero) is 1. The van der Waals surface area contributed by atoms with Crippen LogP contribution in [-0.2, 0) is 0 Å². The largest absolute Gasteiger partial charge is 0.492 e. The third kappa shape index (κ3) is 3.98. The Morgan fingerprint density at radius 3 is 2.94 bits per heavy atom. The fraction of sp³-hybridized carbons (Fsp3) is 0.500. The van der Waals surface area contributed by atoms with Crippen LogP contribution in [0.1, 0.15) is 36.5 Å². The monoisotopic (exact) mass is 222 g/mol. The van der Waals surface area contributed by atoms with Crippen LogP contribution >= 0.6 is 0 Å². The third-order valence-corrected chi connectivity index (χ3v) is 2.20. The summed E-state index contributed by atoms with van der Waals surface area (Å²) in [5, 5.41) is 0. The summed E-state index contributed by atoms with van der Waals surface area (Å²) in [6, 6.07) is 1.74. The van der Waals surface area contributed by atoms with Crippen LogP contribution in [-0.4, -0.2) is 23.9 Å². The highest BCUT2D eigenvalue weighted by atomic mass is 16.5. The lowest BCUT2D eigenvalue weighted by atomic mass is 10.1. The first kappa shape index (κ1) is 12.6. The van der Waals surface area contributed by atoms with Crippen molar-refractivity contribution >= 4 is 5.78 Å². The predicted molar refractivity (Wildman–Crippen MR) is 62.6 cm³/mol. The number of pyridine rings is 1. The Morgan fingerprint density at radius 1 is 1.44 bits per heavy atom. The van der Waals surface area contributed by atoms with Gasteiger partial charge in [-0.2, -0.15) is 0 Å². The minimum Gasteiger partial charge on any atom is -0.492 e. The fourth-order valence-electron chi connectivity index (χ4n) is 1.39. The molecule has 0 saturated carbocycles. The van der Waals surface area contributed by atoms with E-state index >= 15 is 0 Å². The standard InChI is InChI=1S/C12H18N2O2/c1-2-16-11-7-10(8-14-9-11)12(15)5-3-4-6-13/h7-9H,2-6,13H2,1H3. The first-order chi connectivity index (χ1) is 7.77. The molecule has 0 spiro atoms. The zero-order chi connectivity index (χ0) is 11.8. The zero-order valence-corrected chi connectivity index (χ0v) is 9.61. The van der Waals surface area contributed by atoms with Gasteiger partial charge in [-0.05, 0) is 32.4 Å². The highest BCUT2D eigenvalue weighted by Crippen LogP contribution is 2.13. The fourth-order valence-corrected chi connectivity index (χ4v) is 1.39. The summed E-state index contributed by atoms with van der Waals surface area (Å²) in [6.45, 7) is 3.10. The highest BCUT2D eigenvalue weighted by Gasteiger charge is 2.07. The molecule has 0 fully saturated rings. The number of nitrogens with zero attached hydrogens (tertiary/aromatic N) is 1. The average molecular weight is 222 g/mol. The van der Waals surface area contributed by atoms with Crippen molar-refractivity contribution < 1.29 is 9.53 Å². The Labute approximate surface area is 95.8 Å². The second-order valence-electron chi connectivity index (χ2n) is 3.51. The number of aromatic nitrogens is 1. The van der Waals surface area contributed by atoms with E-state index in [1.807, 2.05) is 6.92 Å². The van der Waals surface area contributed by atoms with Gasteiger partial charge < -0.3 is 10.5 Å². The van der Waals surface area contributed by atoms with Gasteiger partial charge in [-0.25, -0.2) is 0 Å². The summed E-state index contributed by atoms with van der Waals surface area (Å²) < 4.78 is 5.29. The Balaban J connectivity index is 2.57. The van der Waals surface area contributed by atoms with Gasteiger partial charge >= 0.3 is 0 Å². The molecule has 1 rings (SSSR count). The van der Waals surface area contributed by atoms with E-state index in [0.717, 1.165) is 12.8 Å². The number of carbonyl (C=O) groups excluding carboxylic acids is 1. The smallest absolute Gasteiger partial charge is 0.164 e. The minimum atomic E-state index is 0.0995. The molecule has 4 heteroatoms. The van der Waals surface area contributed by atoms with Gasteiger partial charge in [0.1, 0.15) is 5.75 Å². The first-order valence-corrected chi connectivity index (χ1v) is 5.59. The number of carbonyl (C=O) groups is 1. The average Bonchev–Trinajstić information content (AvgIpc) is 2.30. The molecule has 0 aliphatic heterocycles. The molecular formula is C12H18N2O2. The van der Waals surface area contributed by atoms with Crippen molar-refractivity contribution in [3.8, 4) is 5.75 Å². The van der Waals surface area contributed by atoms with E-state index in [0.29, 0.717) is 30.9 Å². The minimum absolute atomic E-state index is 0.0995. The van der Waals surface area contributed by atoms with Crippen LogP contribution in [0.4, 0.5) is 0 Å². The van der Waals surface area contributed by atoms with Gasteiger partial charge in [0.2, 0.25) is 0 Å². The van der Waals surface area contributed by atoms with Gasteiger partial charge in [-0.3, -0.25) is 9.78 Å². The molecule has 88 valence electrons. The molecule has 2 N–H and O–H groups in total. The number of hydrogen-bond donors (Lipinski definition) is 1. The van der Waals surface area contributed by atoms with Crippen molar-refractivity contribution in [2.24, 2.45) is 5.73 Å². The van der Waals surface area contributed by atoms with Crippen molar-refractivity contribution in [3.05, 3.63) is 24.0 Å². The summed E-state index contributed by atoms with van der Waals surface area (Å²) in [6.07, 6.45) is 5.42. The third-order valence-electron chi connectivity index (χ3n) is 2.20. The van der Waals surface area contributed by atoms with Gasteiger partial charge in [-0.15, -0.1) is 0 Å². The summed E-state index contributed by atoms with van der Waals surface area (Å²) in [5.41, 5.74) is 5.99. The summed E-state index contributed by atoms with van der Waals surface area (Å²) in [4.78, 5) is 15.7. The SMILES string of the molecule is CCOc1cncc(C(=O)CCCCN)c1. The van der Waals surface area contributed by atoms with Crippen LogP contribution in [0.2, 0.25) is 0 Å². The molecular weight excluding hydrogens is 204 g/mol. The Bertz CT molecular complexity index is 340. The maximum atomic E-state index is 11.7. The Kier molecular flexibility index (Phi) is 5.50. The molecule has 0 bridgehead atoms. The molecule has 1 aromatic heterocycles. The number of nitrogens with two attached hydrogens (primary N) is 1. The van der Waals surface area contributed by atoms with Gasteiger partial charge in [-0.1, -0.05) is 0 Å². The number of ketones is 1. The summed E-state index contributed by atoms with van der Waals surface area (Å²) in [7, 11) is 0. The highest BCUT2D eigenvalue weighted by molar-refractivity contribution is 5.96. The van der Waals surface area contributed by atoms with Gasteiger partial charge in [0.25, 0.3) is 0 Å². The molecule has 1 heterocycles. The van der Waals surface area contributed by atoms with E-state index in [4.69, 9.17) is 10.5 Å². The molecule has 1 aromatic rings. The summed E-state index contributed by atoms with van der Waals surface area (Å²) >= 11 is 0. The van der Waals surface area contributed by atoms with Crippen molar-refractivity contribution in [1.82, 2.24) is 4.98 Å². The zero-order valence-electron chi connectivity index (χ0n) is 9.61. The quantitative estimate of drug-likeness (QED) is 0.564. The van der Waals surface area contributed by atoms with Crippen LogP contribution in [0, 0.1) is 0 Å². The molecule has 16 heavy (non-hydrogen) atoms. The van der Waals surface area contributed by atoms with E-state index in [2.05, 4.69) is 4.98 Å². The molecule has 0 saturated heterocycles. The summed E-state index contributed by atoms with van der Waals surface area (Å²) in [5.74, 6) is 0.745. The Hall–Kier alpha value is -1.42. The van der Waals surface area contributed by atoms with Crippen molar-refractivity contribution in [2.75, 3.05) is 13.2 Å². The lowest BCUT2D eigenvalue weighted by molar-refractivity contribution is 0.0979. The molecule has 0 aliphatic carbocycles. The molecule has 0 unspecified atom stereocenters. The number of rotatable bonds is 7. The van der Waals surface area contributed by atoms with Crippen LogP contribution in [0.3, 0.4) is 0 Å². The molecule has 0 aromatic carbocycles. The van der Waals surface area contributed by atoms with Crippen molar-refractivity contribution in [1.29, 1.82) is 0 Å². The topological polar surface area (TPSA) is 65.2 Å². The van der Waals surface area contributed by atoms with Crippen LogP contribution in [0.5, 0.6) is 5.75 Å². The lowest BCUT2D eigenvalue weighted by Crippen LogP contribution is -2.04. The van der Waals surface area contributed by atoms with Gasteiger partial charge in [0.05, 0.1) is 12.8 Å². The van der Waals surface area contributed by atoms with Crippen LogP contribution in [0.25, 0.3) is 0 Å². The predicted octanol–water partition coefficient (Wildman–Crippen LogP) is 1.79. The van der Waals surface area contributed by atoms with E-state index in [-0.39, 0.29) is 5.78 Å². The second kappa shape index (κ2) is 6.95. The van der Waals surface area contributed by atoms with E-state index in [9.17, 15) is 4.79 Å². The van der Waals surface area contributed by atoms with E-state index < -0.39 is 0 Å². The number of unbranched alkanes of at least 4 members (excludes halogenated alkanes) is 1. The normalized spacial score (nSPS) is 10.1. The number of ether oxygens (including phenoxy) is 1. The second-order valence-corrected chi connectivity index (χ2v) is 3.51. The van der Waals surface area contributed by atoms with Crippen LogP contribution < -0.4 is 10.5 Å². The number of hydrogen-bond acceptors (Lipinski definition) is 4.